The summed E-state index contributed by atoms with van der Waals surface area (Å²) in [4.78, 5) is 28.1. The van der Waals surface area contributed by atoms with Gasteiger partial charge >= 0.3 is 5.97 Å². The van der Waals surface area contributed by atoms with Crippen LogP contribution in [0.5, 0.6) is 5.75 Å². The highest BCUT2D eigenvalue weighted by atomic mass is 79.9. The van der Waals surface area contributed by atoms with Crippen molar-refractivity contribution in [3.63, 3.8) is 0 Å². The molecule has 2 rings (SSSR count). The number of phenolic OH excluding ortho intramolecular Hbond substituents is 1. The molecule has 2 aromatic rings. The normalized spacial score (nSPS) is 11.6. The van der Waals surface area contributed by atoms with Gasteiger partial charge in [-0.05, 0) is 32.9 Å². The fraction of sp³-hybridized carbons (Fsp3) is 0.357. The van der Waals surface area contributed by atoms with Gasteiger partial charge in [0.05, 0.1) is 10.9 Å². The SMILES string of the molecule is CC(C)(C)C(=O)OCn1cnc2cc(Br)cc(O)c2c1=O. The van der Waals surface area contributed by atoms with Crippen molar-refractivity contribution in [3.8, 4) is 5.75 Å². The van der Waals surface area contributed by atoms with Gasteiger partial charge in [0, 0.05) is 4.47 Å². The third-order valence-electron chi connectivity index (χ3n) is 2.82. The predicted octanol–water partition coefficient (Wildman–Crippen LogP) is 2.41. The second-order valence-electron chi connectivity index (χ2n) is 5.65. The molecule has 0 saturated heterocycles. The number of phenols is 1. The molecular weight excluding hydrogens is 340 g/mol. The van der Waals surface area contributed by atoms with Gasteiger partial charge < -0.3 is 9.84 Å². The summed E-state index contributed by atoms with van der Waals surface area (Å²) >= 11 is 3.22. The fourth-order valence-corrected chi connectivity index (χ4v) is 2.10. The van der Waals surface area contributed by atoms with Crippen LogP contribution in [-0.4, -0.2) is 20.6 Å². The molecule has 0 aliphatic rings. The van der Waals surface area contributed by atoms with E-state index < -0.39 is 16.9 Å². The van der Waals surface area contributed by atoms with Crippen molar-refractivity contribution < 1.29 is 14.6 Å². The van der Waals surface area contributed by atoms with E-state index in [2.05, 4.69) is 20.9 Å². The number of benzene rings is 1. The first-order valence-corrected chi connectivity index (χ1v) is 7.04. The zero-order chi connectivity index (χ0) is 15.8. The molecular formula is C14H15BrN2O4. The van der Waals surface area contributed by atoms with Gasteiger partial charge in [0.15, 0.2) is 6.73 Å². The Morgan fingerprint density at radius 2 is 2.10 bits per heavy atom. The lowest BCUT2D eigenvalue weighted by Gasteiger charge is -2.17. The van der Waals surface area contributed by atoms with E-state index in [1.54, 1.807) is 26.8 Å². The van der Waals surface area contributed by atoms with Crippen LogP contribution in [0.2, 0.25) is 0 Å². The van der Waals surface area contributed by atoms with Gasteiger partial charge in [0.1, 0.15) is 17.5 Å². The first-order chi connectivity index (χ1) is 9.70. The fourth-order valence-electron chi connectivity index (χ4n) is 1.66. The van der Waals surface area contributed by atoms with E-state index >= 15 is 0 Å². The van der Waals surface area contributed by atoms with Gasteiger partial charge in [0.2, 0.25) is 0 Å². The highest BCUT2D eigenvalue weighted by molar-refractivity contribution is 9.10. The molecule has 1 aromatic heterocycles. The van der Waals surface area contributed by atoms with Crippen LogP contribution in [-0.2, 0) is 16.3 Å². The summed E-state index contributed by atoms with van der Waals surface area (Å²) in [6, 6.07) is 3.04. The molecule has 1 heterocycles. The monoisotopic (exact) mass is 354 g/mol. The molecule has 1 aromatic carbocycles. The van der Waals surface area contributed by atoms with Gasteiger partial charge in [-0.25, -0.2) is 4.98 Å². The summed E-state index contributed by atoms with van der Waals surface area (Å²) in [5, 5.41) is 9.96. The molecule has 0 saturated carbocycles. The van der Waals surface area contributed by atoms with Crippen LogP contribution in [0.3, 0.4) is 0 Å². The molecule has 6 nitrogen and oxygen atoms in total. The largest absolute Gasteiger partial charge is 0.507 e. The molecule has 0 amide bonds. The quantitative estimate of drug-likeness (QED) is 0.837. The number of ether oxygens (including phenoxy) is 1. The molecule has 21 heavy (non-hydrogen) atoms. The molecule has 0 unspecified atom stereocenters. The molecule has 0 aliphatic heterocycles. The van der Waals surface area contributed by atoms with Crippen molar-refractivity contribution in [3.05, 3.63) is 33.3 Å². The molecule has 0 radical (unpaired) electrons. The molecule has 112 valence electrons. The topological polar surface area (TPSA) is 81.4 Å². The standard InChI is InChI=1S/C14H15BrN2O4/c1-14(2,3)13(20)21-7-17-6-16-9-4-8(15)5-10(18)11(9)12(17)19/h4-6,18H,7H2,1-3H3. The second kappa shape index (κ2) is 5.48. The molecule has 7 heteroatoms. The highest BCUT2D eigenvalue weighted by Gasteiger charge is 2.23. The lowest BCUT2D eigenvalue weighted by molar-refractivity contribution is -0.157. The minimum atomic E-state index is -0.652. The third-order valence-corrected chi connectivity index (χ3v) is 3.28. The number of nitrogens with zero attached hydrogens (tertiary/aromatic N) is 2. The lowest BCUT2D eigenvalue weighted by Crippen LogP contribution is -2.28. The maximum Gasteiger partial charge on any atom is 0.312 e. The Balaban J connectivity index is 2.37. The van der Waals surface area contributed by atoms with E-state index in [-0.39, 0.29) is 17.9 Å². The van der Waals surface area contributed by atoms with Crippen LogP contribution < -0.4 is 5.56 Å². The van der Waals surface area contributed by atoms with E-state index in [1.165, 1.54) is 12.4 Å². The average molecular weight is 355 g/mol. The number of fused-ring (bicyclic) bond motifs is 1. The first kappa shape index (κ1) is 15.5. The van der Waals surface area contributed by atoms with Gasteiger partial charge in [-0.15, -0.1) is 0 Å². The molecule has 1 N–H and O–H groups in total. The minimum Gasteiger partial charge on any atom is -0.507 e. The number of carbonyl (C=O) groups excluding carboxylic acids is 1. The van der Waals surface area contributed by atoms with E-state index in [0.29, 0.717) is 9.99 Å². The Hall–Kier alpha value is -1.89. The minimum absolute atomic E-state index is 0.0903. The summed E-state index contributed by atoms with van der Waals surface area (Å²) in [5.74, 6) is -0.595. The molecule has 0 bridgehead atoms. The van der Waals surface area contributed by atoms with Crippen molar-refractivity contribution in [1.82, 2.24) is 9.55 Å². The lowest BCUT2D eigenvalue weighted by atomic mass is 9.98. The van der Waals surface area contributed by atoms with Crippen molar-refractivity contribution in [1.29, 1.82) is 0 Å². The number of hydrogen-bond acceptors (Lipinski definition) is 5. The Labute approximate surface area is 129 Å². The van der Waals surface area contributed by atoms with Crippen molar-refractivity contribution in [2.75, 3.05) is 0 Å². The predicted molar refractivity (Wildman–Crippen MR) is 80.9 cm³/mol. The van der Waals surface area contributed by atoms with Crippen molar-refractivity contribution in [2.45, 2.75) is 27.5 Å². The average Bonchev–Trinajstić information content (AvgIpc) is 2.35. The van der Waals surface area contributed by atoms with Gasteiger partial charge in [-0.1, -0.05) is 15.9 Å². The number of esters is 1. The van der Waals surface area contributed by atoms with Gasteiger partial charge in [-0.3, -0.25) is 14.2 Å². The van der Waals surface area contributed by atoms with Crippen molar-refractivity contribution in [2.24, 2.45) is 5.41 Å². The number of aromatic nitrogens is 2. The van der Waals surface area contributed by atoms with Gasteiger partial charge in [0.25, 0.3) is 5.56 Å². The van der Waals surface area contributed by atoms with Crippen molar-refractivity contribution >= 4 is 32.8 Å². The number of halogens is 1. The van der Waals surface area contributed by atoms with Crippen LogP contribution in [0.4, 0.5) is 0 Å². The molecule has 0 aliphatic carbocycles. The number of aromatic hydroxyl groups is 1. The summed E-state index contributed by atoms with van der Waals surface area (Å²) in [6.07, 6.45) is 1.28. The van der Waals surface area contributed by atoms with E-state index in [0.717, 1.165) is 4.57 Å². The third kappa shape index (κ3) is 3.24. The number of hydrogen-bond donors (Lipinski definition) is 1. The molecule has 0 spiro atoms. The Kier molecular flexibility index (Phi) is 4.04. The maximum absolute atomic E-state index is 12.3. The zero-order valence-corrected chi connectivity index (χ0v) is 13.5. The highest BCUT2D eigenvalue weighted by Crippen LogP contribution is 2.25. The second-order valence-corrected chi connectivity index (χ2v) is 6.57. The molecule has 0 atom stereocenters. The smallest absolute Gasteiger partial charge is 0.312 e. The van der Waals surface area contributed by atoms with Crippen LogP contribution in [0.1, 0.15) is 20.8 Å². The summed E-state index contributed by atoms with van der Waals surface area (Å²) in [5.41, 5.74) is -0.752. The first-order valence-electron chi connectivity index (χ1n) is 6.25. The molecule has 0 fully saturated rings. The van der Waals surface area contributed by atoms with Gasteiger partial charge in [-0.2, -0.15) is 0 Å². The van der Waals surface area contributed by atoms with E-state index in [4.69, 9.17) is 4.74 Å². The van der Waals surface area contributed by atoms with Crippen LogP contribution in [0.25, 0.3) is 10.9 Å². The summed E-state index contributed by atoms with van der Waals surface area (Å²) in [7, 11) is 0. The van der Waals surface area contributed by atoms with Crippen LogP contribution in [0, 0.1) is 5.41 Å². The van der Waals surface area contributed by atoms with E-state index in [1.807, 2.05) is 0 Å². The number of rotatable bonds is 2. The summed E-state index contributed by atoms with van der Waals surface area (Å²) in [6.45, 7) is 4.92. The number of carbonyl (C=O) groups is 1. The summed E-state index contributed by atoms with van der Waals surface area (Å²) < 4.78 is 6.84. The van der Waals surface area contributed by atoms with Crippen LogP contribution in [0.15, 0.2) is 27.7 Å². The van der Waals surface area contributed by atoms with Crippen LogP contribution >= 0.6 is 15.9 Å². The Morgan fingerprint density at radius 1 is 1.43 bits per heavy atom. The Bertz CT molecular complexity index is 762. The Morgan fingerprint density at radius 3 is 2.71 bits per heavy atom. The maximum atomic E-state index is 12.3. The zero-order valence-electron chi connectivity index (χ0n) is 11.9. The van der Waals surface area contributed by atoms with E-state index in [9.17, 15) is 14.7 Å².